The quantitative estimate of drug-likeness (QED) is 0.653. The lowest BCUT2D eigenvalue weighted by atomic mass is 10.1. The van der Waals surface area contributed by atoms with Crippen molar-refractivity contribution in [1.29, 1.82) is 0 Å². The fourth-order valence-corrected chi connectivity index (χ4v) is 4.29. The van der Waals surface area contributed by atoms with Gasteiger partial charge in [-0.2, -0.15) is 5.10 Å². The molecule has 0 bridgehead atoms. The molecule has 8 nitrogen and oxygen atoms in total. The third kappa shape index (κ3) is 4.99. The number of aliphatic hydroxyl groups is 1. The van der Waals surface area contributed by atoms with Crippen LogP contribution < -0.4 is 4.74 Å². The van der Waals surface area contributed by atoms with Crippen LogP contribution in [-0.2, 0) is 13.1 Å². The van der Waals surface area contributed by atoms with E-state index in [1.807, 2.05) is 34.5 Å². The van der Waals surface area contributed by atoms with Gasteiger partial charge in [-0.25, -0.2) is 14.6 Å². The van der Waals surface area contributed by atoms with Crippen molar-refractivity contribution in [3.05, 3.63) is 47.9 Å². The fraction of sp³-hybridized carbons (Fsp3) is 0.455. The number of imidazole rings is 1. The first-order chi connectivity index (χ1) is 15.0. The average Bonchev–Trinajstić information content (AvgIpc) is 3.38. The van der Waals surface area contributed by atoms with Gasteiger partial charge in [-0.15, -0.1) is 11.8 Å². The summed E-state index contributed by atoms with van der Waals surface area (Å²) in [6, 6.07) is 6.36. The molecule has 0 atom stereocenters. The number of ether oxygens (including phenoxy) is 1. The molecule has 4 rings (SSSR count). The number of aliphatic imine (C=N–C) groups is 1. The zero-order valence-corrected chi connectivity index (χ0v) is 19.0. The average molecular weight is 441 g/mol. The van der Waals surface area contributed by atoms with Gasteiger partial charge in [-0.05, 0) is 33.3 Å². The molecule has 0 fully saturated rings. The molecule has 0 unspecified atom stereocenters. The van der Waals surface area contributed by atoms with E-state index in [-0.39, 0.29) is 12.6 Å². The summed E-state index contributed by atoms with van der Waals surface area (Å²) in [7, 11) is 0. The normalized spacial score (nSPS) is 14.8. The summed E-state index contributed by atoms with van der Waals surface area (Å²) in [5.41, 5.74) is 2.88. The van der Waals surface area contributed by atoms with Crippen LogP contribution in [0.1, 0.15) is 43.5 Å². The standard InChI is InChI=1S/C22H28N6O2S/c1-15(2)28-21(25-16(3)26-28)22-23-12-18-6-5-17(11-20(18)30-9-4-10-31-22)19-13-27(7-8-29)14-24-19/h5-6,11,13-15,29H,4,7-10,12H2,1-3H3. The first-order valence-corrected chi connectivity index (χ1v) is 11.5. The zero-order valence-electron chi connectivity index (χ0n) is 18.2. The molecule has 0 saturated heterocycles. The molecule has 0 radical (unpaired) electrons. The minimum absolute atomic E-state index is 0.0888. The van der Waals surface area contributed by atoms with Gasteiger partial charge in [0.15, 0.2) is 5.82 Å². The largest absolute Gasteiger partial charge is 0.493 e. The van der Waals surface area contributed by atoms with E-state index in [1.165, 1.54) is 0 Å². The number of thioether (sulfide) groups is 1. The Balaban J connectivity index is 1.64. The Morgan fingerprint density at radius 3 is 2.97 bits per heavy atom. The van der Waals surface area contributed by atoms with Crippen LogP contribution in [0.4, 0.5) is 0 Å². The van der Waals surface area contributed by atoms with E-state index in [2.05, 4.69) is 35.0 Å². The molecule has 1 N–H and O–H groups in total. The van der Waals surface area contributed by atoms with Gasteiger partial charge in [0.1, 0.15) is 16.6 Å². The number of aliphatic hydroxyl groups excluding tert-OH is 1. The lowest BCUT2D eigenvalue weighted by molar-refractivity contribution is 0.276. The highest BCUT2D eigenvalue weighted by Gasteiger charge is 2.18. The van der Waals surface area contributed by atoms with Crippen molar-refractivity contribution in [3.63, 3.8) is 0 Å². The summed E-state index contributed by atoms with van der Waals surface area (Å²) in [6.45, 7) is 7.91. The van der Waals surface area contributed by atoms with Gasteiger partial charge in [0.05, 0.1) is 31.8 Å². The van der Waals surface area contributed by atoms with Crippen molar-refractivity contribution in [2.75, 3.05) is 19.0 Å². The van der Waals surface area contributed by atoms with E-state index in [0.29, 0.717) is 19.7 Å². The Morgan fingerprint density at radius 1 is 1.29 bits per heavy atom. The third-order valence-electron chi connectivity index (χ3n) is 4.95. The lowest BCUT2D eigenvalue weighted by Gasteiger charge is -2.15. The third-order valence-corrected chi connectivity index (χ3v) is 6.03. The lowest BCUT2D eigenvalue weighted by Crippen LogP contribution is -2.14. The van der Waals surface area contributed by atoms with Crippen LogP contribution in [0.25, 0.3) is 11.3 Å². The number of nitrogens with zero attached hydrogens (tertiary/aromatic N) is 6. The van der Waals surface area contributed by atoms with Crippen LogP contribution in [0.2, 0.25) is 0 Å². The number of hydrogen-bond donors (Lipinski definition) is 1. The smallest absolute Gasteiger partial charge is 0.183 e. The highest BCUT2D eigenvalue weighted by Crippen LogP contribution is 2.29. The van der Waals surface area contributed by atoms with Gasteiger partial charge in [0.2, 0.25) is 0 Å². The summed E-state index contributed by atoms with van der Waals surface area (Å²) >= 11 is 1.71. The van der Waals surface area contributed by atoms with Crippen LogP contribution in [0.5, 0.6) is 5.75 Å². The molecule has 1 aliphatic rings. The Kier molecular flexibility index (Phi) is 6.72. The minimum atomic E-state index is 0.0888. The summed E-state index contributed by atoms with van der Waals surface area (Å²) < 4.78 is 9.93. The van der Waals surface area contributed by atoms with E-state index in [9.17, 15) is 0 Å². The Labute approximate surface area is 186 Å². The molecule has 0 amide bonds. The molecule has 164 valence electrons. The second kappa shape index (κ2) is 9.65. The van der Waals surface area contributed by atoms with Crippen molar-refractivity contribution in [2.45, 2.75) is 46.3 Å². The molecule has 9 heteroatoms. The highest BCUT2D eigenvalue weighted by molar-refractivity contribution is 8.14. The van der Waals surface area contributed by atoms with Gasteiger partial charge in [-0.1, -0.05) is 12.1 Å². The number of aromatic nitrogens is 5. The Morgan fingerprint density at radius 2 is 2.16 bits per heavy atom. The predicted octanol–water partition coefficient (Wildman–Crippen LogP) is 3.49. The zero-order chi connectivity index (χ0) is 21.8. The summed E-state index contributed by atoms with van der Waals surface area (Å²) in [4.78, 5) is 14.0. The van der Waals surface area contributed by atoms with Crippen LogP contribution >= 0.6 is 11.8 Å². The van der Waals surface area contributed by atoms with Gasteiger partial charge < -0.3 is 14.4 Å². The van der Waals surface area contributed by atoms with Crippen molar-refractivity contribution >= 4 is 16.8 Å². The first-order valence-electron chi connectivity index (χ1n) is 10.5. The summed E-state index contributed by atoms with van der Waals surface area (Å²) in [5.74, 6) is 3.35. The van der Waals surface area contributed by atoms with Crippen molar-refractivity contribution in [3.8, 4) is 17.0 Å². The second-order valence-corrected chi connectivity index (χ2v) is 8.82. The molecule has 2 aromatic heterocycles. The van der Waals surface area contributed by atoms with Gasteiger partial charge in [0, 0.05) is 35.7 Å². The van der Waals surface area contributed by atoms with Gasteiger partial charge >= 0.3 is 0 Å². The van der Waals surface area contributed by atoms with Crippen molar-refractivity contribution in [2.24, 2.45) is 4.99 Å². The van der Waals surface area contributed by atoms with E-state index in [0.717, 1.165) is 51.4 Å². The number of hydrogen-bond acceptors (Lipinski definition) is 7. The van der Waals surface area contributed by atoms with Crippen LogP contribution in [0.3, 0.4) is 0 Å². The predicted molar refractivity (Wildman–Crippen MR) is 123 cm³/mol. The minimum Gasteiger partial charge on any atom is -0.493 e. The number of rotatable bonds is 5. The molecule has 3 aromatic rings. The monoisotopic (exact) mass is 440 g/mol. The SMILES string of the molecule is Cc1nc(C2=NCc3ccc(-c4cn(CCO)cn4)cc3OCCCS2)n(C(C)C)n1. The maximum absolute atomic E-state index is 9.12. The molecular weight excluding hydrogens is 412 g/mol. The number of benzene rings is 1. The van der Waals surface area contributed by atoms with Crippen LogP contribution in [0.15, 0.2) is 35.7 Å². The molecule has 3 heterocycles. The van der Waals surface area contributed by atoms with Crippen LogP contribution in [-0.4, -0.2) is 53.4 Å². The maximum Gasteiger partial charge on any atom is 0.183 e. The Hall–Kier alpha value is -2.65. The molecule has 1 aromatic carbocycles. The first kappa shape index (κ1) is 21.6. The molecule has 0 saturated carbocycles. The fourth-order valence-electron chi connectivity index (χ4n) is 3.41. The van der Waals surface area contributed by atoms with Crippen LogP contribution in [0, 0.1) is 6.92 Å². The van der Waals surface area contributed by atoms with Crippen molar-refractivity contribution < 1.29 is 9.84 Å². The van der Waals surface area contributed by atoms with E-state index in [1.54, 1.807) is 18.1 Å². The maximum atomic E-state index is 9.12. The molecule has 1 aliphatic heterocycles. The van der Waals surface area contributed by atoms with E-state index < -0.39 is 0 Å². The van der Waals surface area contributed by atoms with Crippen molar-refractivity contribution in [1.82, 2.24) is 24.3 Å². The molecule has 0 aliphatic carbocycles. The van der Waals surface area contributed by atoms with E-state index in [4.69, 9.17) is 14.8 Å². The molecular formula is C22H28N6O2S. The molecule has 0 spiro atoms. The summed E-state index contributed by atoms with van der Waals surface area (Å²) in [5, 5.41) is 14.6. The highest BCUT2D eigenvalue weighted by atomic mass is 32.2. The topological polar surface area (TPSA) is 90.4 Å². The molecule has 31 heavy (non-hydrogen) atoms. The number of fused-ring (bicyclic) bond motifs is 1. The Bertz CT molecular complexity index is 1070. The second-order valence-electron chi connectivity index (χ2n) is 7.74. The van der Waals surface area contributed by atoms with Gasteiger partial charge in [-0.3, -0.25) is 4.99 Å². The summed E-state index contributed by atoms with van der Waals surface area (Å²) in [6.07, 6.45) is 4.58. The van der Waals surface area contributed by atoms with E-state index >= 15 is 0 Å². The number of aryl methyl sites for hydroxylation is 1. The van der Waals surface area contributed by atoms with Gasteiger partial charge in [0.25, 0.3) is 0 Å².